The quantitative estimate of drug-likeness (QED) is 0.391. The number of nitrogens with one attached hydrogen (secondary N) is 1. The third-order valence-electron chi connectivity index (χ3n) is 6.02. The maximum atomic E-state index is 12.6. The van der Waals surface area contributed by atoms with E-state index in [9.17, 15) is 4.79 Å². The number of anilines is 1. The van der Waals surface area contributed by atoms with Crippen molar-refractivity contribution >= 4 is 33.3 Å². The van der Waals surface area contributed by atoms with Gasteiger partial charge in [-0.2, -0.15) is 9.61 Å². The smallest absolute Gasteiger partial charge is 0.260 e. The van der Waals surface area contributed by atoms with Gasteiger partial charge in [0.15, 0.2) is 12.3 Å². The van der Waals surface area contributed by atoms with E-state index >= 15 is 0 Å². The summed E-state index contributed by atoms with van der Waals surface area (Å²) in [6.07, 6.45) is 7.08. The molecule has 34 heavy (non-hydrogen) atoms. The molecule has 1 aromatic carbocycles. The van der Waals surface area contributed by atoms with Crippen molar-refractivity contribution in [3.63, 3.8) is 0 Å². The molecule has 8 nitrogen and oxygen atoms in total. The monoisotopic (exact) mass is 520 g/mol. The van der Waals surface area contributed by atoms with Crippen molar-refractivity contribution in [3.8, 4) is 5.75 Å². The Labute approximate surface area is 206 Å². The number of piperidine rings is 1. The first-order chi connectivity index (χ1) is 16.7. The van der Waals surface area contributed by atoms with Crippen LogP contribution in [0.1, 0.15) is 30.0 Å². The summed E-state index contributed by atoms with van der Waals surface area (Å²) < 4.78 is 8.29. The molecule has 0 aliphatic carbocycles. The zero-order valence-corrected chi connectivity index (χ0v) is 20.2. The highest BCUT2D eigenvalue weighted by Gasteiger charge is 2.26. The van der Waals surface area contributed by atoms with Crippen LogP contribution in [0.25, 0.3) is 5.65 Å². The molecule has 0 spiro atoms. The number of carbonyl (C=O) groups is 1. The fourth-order valence-corrected chi connectivity index (χ4v) is 4.51. The zero-order chi connectivity index (χ0) is 23.3. The third-order valence-corrected chi connectivity index (χ3v) is 6.58. The van der Waals surface area contributed by atoms with Gasteiger partial charge in [-0.15, -0.1) is 0 Å². The Hall–Kier alpha value is -3.46. The number of nitrogens with zero attached hydrogens (tertiary/aromatic N) is 5. The van der Waals surface area contributed by atoms with Crippen LogP contribution >= 0.6 is 15.9 Å². The molecule has 0 saturated carbocycles. The number of amides is 1. The Balaban J connectivity index is 1.25. The second-order valence-electron chi connectivity index (χ2n) is 8.27. The summed E-state index contributed by atoms with van der Waals surface area (Å²) in [5.74, 6) is 1.87. The molecule has 5 rings (SSSR count). The van der Waals surface area contributed by atoms with Crippen molar-refractivity contribution in [1.29, 1.82) is 0 Å². The van der Waals surface area contributed by atoms with Gasteiger partial charge in [-0.1, -0.05) is 24.3 Å². The largest absolute Gasteiger partial charge is 0.484 e. The maximum absolute atomic E-state index is 12.6. The van der Waals surface area contributed by atoms with Gasteiger partial charge in [-0.25, -0.2) is 4.98 Å². The number of aromatic nitrogens is 4. The summed E-state index contributed by atoms with van der Waals surface area (Å²) in [4.78, 5) is 23.6. The first-order valence-corrected chi connectivity index (χ1v) is 12.1. The van der Waals surface area contributed by atoms with Crippen LogP contribution in [-0.2, 0) is 11.3 Å². The lowest BCUT2D eigenvalue weighted by molar-refractivity contribution is -0.134. The number of benzene rings is 1. The Morgan fingerprint density at radius 3 is 2.71 bits per heavy atom. The van der Waals surface area contributed by atoms with E-state index in [0.717, 1.165) is 40.0 Å². The van der Waals surface area contributed by atoms with E-state index < -0.39 is 0 Å². The third kappa shape index (κ3) is 5.04. The number of ether oxygens (including phenoxy) is 1. The lowest BCUT2D eigenvalue weighted by atomic mass is 9.93. The van der Waals surface area contributed by atoms with E-state index in [4.69, 9.17) is 9.72 Å². The molecule has 0 unspecified atom stereocenters. The number of hydrogen-bond donors (Lipinski definition) is 1. The SMILES string of the molecule is O=C(COc1ccccc1)N1CCC(c2cc(NCc3cccnc3)n3ncc(Br)c3n2)CC1. The van der Waals surface area contributed by atoms with Gasteiger partial charge in [0.25, 0.3) is 5.91 Å². The van der Waals surface area contributed by atoms with Crippen molar-refractivity contribution in [1.82, 2.24) is 24.5 Å². The van der Waals surface area contributed by atoms with Gasteiger partial charge >= 0.3 is 0 Å². The minimum Gasteiger partial charge on any atom is -0.484 e. The van der Waals surface area contributed by atoms with Gasteiger partial charge in [0.05, 0.1) is 10.7 Å². The molecule has 1 aliphatic rings. The molecule has 9 heteroatoms. The summed E-state index contributed by atoms with van der Waals surface area (Å²) in [7, 11) is 0. The average molecular weight is 521 g/mol. The maximum Gasteiger partial charge on any atom is 0.260 e. The summed E-state index contributed by atoms with van der Waals surface area (Å²) >= 11 is 3.57. The van der Waals surface area contributed by atoms with Crippen LogP contribution in [-0.4, -0.2) is 50.1 Å². The van der Waals surface area contributed by atoms with Gasteiger partial charge in [-0.3, -0.25) is 9.78 Å². The van der Waals surface area contributed by atoms with E-state index in [1.165, 1.54) is 0 Å². The molecule has 174 valence electrons. The molecule has 1 amide bonds. The summed E-state index contributed by atoms with van der Waals surface area (Å²) in [5.41, 5.74) is 2.88. The Bertz CT molecular complexity index is 1260. The number of halogens is 1. The predicted octanol–water partition coefficient (Wildman–Crippen LogP) is 4.28. The average Bonchev–Trinajstić information content (AvgIpc) is 3.28. The molecular weight excluding hydrogens is 496 g/mol. The first-order valence-electron chi connectivity index (χ1n) is 11.3. The van der Waals surface area contributed by atoms with Crippen molar-refractivity contribution in [2.75, 3.05) is 25.0 Å². The van der Waals surface area contributed by atoms with E-state index in [1.54, 1.807) is 12.4 Å². The molecular formula is C25H25BrN6O2. The number of carbonyl (C=O) groups excluding carboxylic acids is 1. The molecule has 4 aromatic rings. The number of likely N-dealkylation sites (tertiary alicyclic amines) is 1. The molecule has 1 saturated heterocycles. The highest BCUT2D eigenvalue weighted by atomic mass is 79.9. The normalized spacial score (nSPS) is 14.3. The number of para-hydroxylation sites is 1. The highest BCUT2D eigenvalue weighted by Crippen LogP contribution is 2.30. The van der Waals surface area contributed by atoms with Gasteiger partial charge in [0.1, 0.15) is 11.6 Å². The standard InChI is InChI=1S/C25H25BrN6O2/c26-21-16-29-32-23(28-15-18-5-4-10-27-14-18)13-22(30-25(21)32)19-8-11-31(12-9-19)24(33)17-34-20-6-2-1-3-7-20/h1-7,10,13-14,16,19,28H,8-9,11-12,15,17H2. The predicted molar refractivity (Wildman–Crippen MR) is 133 cm³/mol. The topological polar surface area (TPSA) is 84.7 Å². The van der Waals surface area contributed by atoms with Crippen LogP contribution in [0.5, 0.6) is 5.75 Å². The minimum atomic E-state index is 0.0167. The molecule has 3 aromatic heterocycles. The fourth-order valence-electron chi connectivity index (χ4n) is 4.16. The van der Waals surface area contributed by atoms with Crippen molar-refractivity contribution in [2.45, 2.75) is 25.3 Å². The van der Waals surface area contributed by atoms with E-state index in [2.05, 4.69) is 37.4 Å². The van der Waals surface area contributed by atoms with Crippen LogP contribution in [0, 0.1) is 0 Å². The number of fused-ring (bicyclic) bond motifs is 1. The second kappa shape index (κ2) is 10.2. The molecule has 1 fully saturated rings. The van der Waals surface area contributed by atoms with Gasteiger partial charge < -0.3 is 15.0 Å². The van der Waals surface area contributed by atoms with Crippen LogP contribution < -0.4 is 10.1 Å². The Morgan fingerprint density at radius 1 is 1.12 bits per heavy atom. The first kappa shape index (κ1) is 22.3. The molecule has 0 atom stereocenters. The van der Waals surface area contributed by atoms with Crippen LogP contribution in [0.15, 0.2) is 71.6 Å². The van der Waals surface area contributed by atoms with Gasteiger partial charge in [0, 0.05) is 49.7 Å². The zero-order valence-electron chi connectivity index (χ0n) is 18.6. The van der Waals surface area contributed by atoms with Crippen molar-refractivity contribution in [2.24, 2.45) is 0 Å². The minimum absolute atomic E-state index is 0.0167. The lowest BCUT2D eigenvalue weighted by Crippen LogP contribution is -2.40. The lowest BCUT2D eigenvalue weighted by Gasteiger charge is -2.32. The van der Waals surface area contributed by atoms with Crippen LogP contribution in [0.3, 0.4) is 0 Å². The Morgan fingerprint density at radius 2 is 1.94 bits per heavy atom. The number of rotatable bonds is 7. The van der Waals surface area contributed by atoms with E-state index in [0.29, 0.717) is 25.4 Å². The molecule has 0 bridgehead atoms. The van der Waals surface area contributed by atoms with Crippen LogP contribution in [0.2, 0.25) is 0 Å². The number of hydrogen-bond acceptors (Lipinski definition) is 6. The number of pyridine rings is 1. The molecule has 1 aliphatic heterocycles. The molecule has 1 N–H and O–H groups in total. The fraction of sp³-hybridized carbons (Fsp3) is 0.280. The highest BCUT2D eigenvalue weighted by molar-refractivity contribution is 9.10. The van der Waals surface area contributed by atoms with Gasteiger partial charge in [-0.05, 0) is 52.5 Å². The van der Waals surface area contributed by atoms with Crippen molar-refractivity contribution < 1.29 is 9.53 Å². The van der Waals surface area contributed by atoms with Crippen LogP contribution in [0.4, 0.5) is 5.82 Å². The summed E-state index contributed by atoms with van der Waals surface area (Å²) in [5, 5.41) is 7.93. The van der Waals surface area contributed by atoms with E-state index in [-0.39, 0.29) is 18.4 Å². The molecule has 0 radical (unpaired) electrons. The summed E-state index contributed by atoms with van der Waals surface area (Å²) in [6, 6.07) is 15.5. The van der Waals surface area contributed by atoms with Crippen molar-refractivity contribution in [3.05, 3.63) is 82.9 Å². The Kier molecular flexibility index (Phi) is 6.71. The molecule has 4 heterocycles. The van der Waals surface area contributed by atoms with E-state index in [1.807, 2.05) is 58.1 Å². The van der Waals surface area contributed by atoms with Gasteiger partial charge in [0.2, 0.25) is 0 Å². The second-order valence-corrected chi connectivity index (χ2v) is 9.12. The summed E-state index contributed by atoms with van der Waals surface area (Å²) in [6.45, 7) is 2.07.